The van der Waals surface area contributed by atoms with E-state index in [0.717, 1.165) is 20.7 Å². The van der Waals surface area contributed by atoms with Crippen LogP contribution in [0.4, 0.5) is 10.8 Å². The summed E-state index contributed by atoms with van der Waals surface area (Å²) in [5.74, 6) is 1.18. The summed E-state index contributed by atoms with van der Waals surface area (Å²) in [6.45, 7) is 4.16. The van der Waals surface area contributed by atoms with Crippen molar-refractivity contribution in [1.82, 2.24) is 20.2 Å². The van der Waals surface area contributed by atoms with Crippen molar-refractivity contribution >= 4 is 55.5 Å². The molecule has 9 heteroatoms. The second-order valence-electron chi connectivity index (χ2n) is 5.68. The van der Waals surface area contributed by atoms with Gasteiger partial charge in [-0.25, -0.2) is 4.98 Å². The number of thiophene rings is 1. The Morgan fingerprint density at radius 1 is 1.23 bits per heavy atom. The van der Waals surface area contributed by atoms with Crippen LogP contribution in [0.5, 0.6) is 0 Å². The van der Waals surface area contributed by atoms with E-state index in [9.17, 15) is 4.79 Å². The summed E-state index contributed by atoms with van der Waals surface area (Å²) in [5.41, 5.74) is 4.11. The lowest BCUT2D eigenvalue weighted by atomic mass is 10.1. The van der Waals surface area contributed by atoms with E-state index >= 15 is 0 Å². The number of nitrogens with one attached hydrogen (secondary N) is 2. The number of aromatic amines is 1. The molecule has 26 heavy (non-hydrogen) atoms. The maximum atomic E-state index is 12.0. The molecule has 3 heterocycles. The number of fused-ring (bicyclic) bond motifs is 1. The molecule has 0 fully saturated rings. The van der Waals surface area contributed by atoms with Gasteiger partial charge in [-0.15, -0.1) is 21.5 Å². The third-order valence-corrected chi connectivity index (χ3v) is 6.83. The van der Waals surface area contributed by atoms with Crippen LogP contribution in [0.2, 0.25) is 0 Å². The fourth-order valence-corrected chi connectivity index (χ4v) is 4.80. The Labute approximate surface area is 161 Å². The standard InChI is InChI=1S/C17H15N5OS3/c1-9-4-3-5-11(10(9)2)19-16-21-22-17(26-16)25-8-13-18-12-6-7-24-14(12)15(23)20-13/h3-7H,8H2,1-2H3,(H,19,21)(H,18,20,23). The van der Waals surface area contributed by atoms with Crippen LogP contribution < -0.4 is 10.9 Å². The number of rotatable bonds is 5. The van der Waals surface area contributed by atoms with Crippen molar-refractivity contribution in [2.75, 3.05) is 5.32 Å². The van der Waals surface area contributed by atoms with Crippen molar-refractivity contribution in [3.63, 3.8) is 0 Å². The number of anilines is 2. The Balaban J connectivity index is 1.46. The summed E-state index contributed by atoms with van der Waals surface area (Å²) < 4.78 is 1.49. The van der Waals surface area contributed by atoms with Gasteiger partial charge in [0.15, 0.2) is 4.34 Å². The third kappa shape index (κ3) is 3.50. The molecular weight excluding hydrogens is 386 g/mol. The smallest absolute Gasteiger partial charge is 0.268 e. The van der Waals surface area contributed by atoms with Crippen molar-refractivity contribution in [2.24, 2.45) is 0 Å². The molecule has 0 aliphatic carbocycles. The molecule has 4 aromatic rings. The van der Waals surface area contributed by atoms with Crippen LogP contribution in [0.25, 0.3) is 10.2 Å². The monoisotopic (exact) mass is 401 g/mol. The molecule has 0 spiro atoms. The second kappa shape index (κ2) is 7.18. The number of thioether (sulfide) groups is 1. The molecule has 132 valence electrons. The first-order chi connectivity index (χ1) is 12.6. The fraction of sp³-hybridized carbons (Fsp3) is 0.176. The maximum absolute atomic E-state index is 12.0. The molecule has 0 radical (unpaired) electrons. The lowest BCUT2D eigenvalue weighted by Crippen LogP contribution is -2.09. The van der Waals surface area contributed by atoms with Crippen molar-refractivity contribution in [3.8, 4) is 0 Å². The minimum absolute atomic E-state index is 0.0878. The topological polar surface area (TPSA) is 83.6 Å². The molecule has 0 bridgehead atoms. The van der Waals surface area contributed by atoms with Gasteiger partial charge in [0.25, 0.3) is 5.56 Å². The quantitative estimate of drug-likeness (QED) is 0.480. The van der Waals surface area contributed by atoms with Crippen LogP contribution in [0.3, 0.4) is 0 Å². The van der Waals surface area contributed by atoms with Crippen molar-refractivity contribution in [1.29, 1.82) is 0 Å². The minimum Gasteiger partial charge on any atom is -0.330 e. The lowest BCUT2D eigenvalue weighted by Gasteiger charge is -2.08. The highest BCUT2D eigenvalue weighted by Gasteiger charge is 2.10. The van der Waals surface area contributed by atoms with E-state index in [0.29, 0.717) is 16.3 Å². The van der Waals surface area contributed by atoms with Crippen LogP contribution in [0.15, 0.2) is 38.8 Å². The summed E-state index contributed by atoms with van der Waals surface area (Å²) >= 11 is 4.39. The van der Waals surface area contributed by atoms with Gasteiger partial charge in [0, 0.05) is 5.69 Å². The number of nitrogens with zero attached hydrogens (tertiary/aromatic N) is 3. The molecule has 0 atom stereocenters. The van der Waals surface area contributed by atoms with E-state index in [1.165, 1.54) is 45.6 Å². The summed E-state index contributed by atoms with van der Waals surface area (Å²) in [6.07, 6.45) is 0. The predicted molar refractivity (Wildman–Crippen MR) is 109 cm³/mol. The maximum Gasteiger partial charge on any atom is 0.268 e. The normalized spacial score (nSPS) is 11.2. The highest BCUT2D eigenvalue weighted by atomic mass is 32.2. The Kier molecular flexibility index (Phi) is 4.75. The van der Waals surface area contributed by atoms with Gasteiger partial charge in [0.05, 0.1) is 11.3 Å². The molecule has 1 aromatic carbocycles. The average molecular weight is 402 g/mol. The predicted octanol–water partition coefficient (Wildman–Crippen LogP) is 4.49. The molecule has 0 saturated carbocycles. The first-order valence-electron chi connectivity index (χ1n) is 7.86. The molecule has 0 aliphatic heterocycles. The molecule has 2 N–H and O–H groups in total. The molecule has 0 aliphatic rings. The second-order valence-corrected chi connectivity index (χ2v) is 8.80. The SMILES string of the molecule is Cc1cccc(Nc2nnc(SCc3nc4ccsc4c(=O)[nH]3)s2)c1C. The van der Waals surface area contributed by atoms with Crippen LogP contribution in [0.1, 0.15) is 17.0 Å². The van der Waals surface area contributed by atoms with E-state index in [2.05, 4.69) is 45.4 Å². The Bertz CT molecular complexity index is 1130. The largest absolute Gasteiger partial charge is 0.330 e. The van der Waals surface area contributed by atoms with E-state index in [4.69, 9.17) is 0 Å². The van der Waals surface area contributed by atoms with E-state index in [1.807, 2.05) is 23.6 Å². The number of aromatic nitrogens is 4. The van der Waals surface area contributed by atoms with Crippen LogP contribution in [-0.2, 0) is 5.75 Å². The van der Waals surface area contributed by atoms with Gasteiger partial charge in [-0.05, 0) is 42.5 Å². The van der Waals surface area contributed by atoms with E-state index in [-0.39, 0.29) is 5.56 Å². The van der Waals surface area contributed by atoms with Gasteiger partial charge in [-0.1, -0.05) is 35.2 Å². The Morgan fingerprint density at radius 2 is 2.12 bits per heavy atom. The molecule has 3 aromatic heterocycles. The highest BCUT2D eigenvalue weighted by molar-refractivity contribution is 8.00. The van der Waals surface area contributed by atoms with Gasteiger partial charge in [-0.2, -0.15) is 0 Å². The zero-order valence-electron chi connectivity index (χ0n) is 14.1. The number of hydrogen-bond acceptors (Lipinski definition) is 8. The van der Waals surface area contributed by atoms with Crippen LogP contribution in [-0.4, -0.2) is 20.2 Å². The third-order valence-electron chi connectivity index (χ3n) is 3.95. The first-order valence-corrected chi connectivity index (χ1v) is 10.5. The summed E-state index contributed by atoms with van der Waals surface area (Å²) in [7, 11) is 0. The molecule has 0 amide bonds. The van der Waals surface area contributed by atoms with Gasteiger partial charge in [-0.3, -0.25) is 4.79 Å². The first kappa shape index (κ1) is 17.2. The van der Waals surface area contributed by atoms with Crippen LogP contribution >= 0.6 is 34.4 Å². The fourth-order valence-electron chi connectivity index (χ4n) is 2.44. The number of aryl methyl sites for hydroxylation is 1. The Morgan fingerprint density at radius 3 is 3.00 bits per heavy atom. The van der Waals surface area contributed by atoms with E-state index in [1.54, 1.807) is 0 Å². The number of benzene rings is 1. The van der Waals surface area contributed by atoms with Crippen molar-refractivity contribution in [3.05, 3.63) is 57.0 Å². The minimum atomic E-state index is -0.0878. The van der Waals surface area contributed by atoms with E-state index < -0.39 is 0 Å². The number of hydrogen-bond donors (Lipinski definition) is 2. The van der Waals surface area contributed by atoms with Gasteiger partial charge in [0.2, 0.25) is 5.13 Å². The van der Waals surface area contributed by atoms with Crippen LogP contribution in [0, 0.1) is 13.8 Å². The van der Waals surface area contributed by atoms with Crippen molar-refractivity contribution in [2.45, 2.75) is 23.9 Å². The number of H-pyrrole nitrogens is 1. The van der Waals surface area contributed by atoms with Crippen molar-refractivity contribution < 1.29 is 0 Å². The zero-order chi connectivity index (χ0) is 18.1. The van der Waals surface area contributed by atoms with Gasteiger partial charge < -0.3 is 10.3 Å². The van der Waals surface area contributed by atoms with Gasteiger partial charge in [0.1, 0.15) is 10.5 Å². The summed E-state index contributed by atoms with van der Waals surface area (Å²) in [6, 6.07) is 7.99. The lowest BCUT2D eigenvalue weighted by molar-refractivity contribution is 1.00. The summed E-state index contributed by atoms with van der Waals surface area (Å²) in [5, 5.41) is 14.3. The molecule has 0 unspecified atom stereocenters. The molecule has 0 saturated heterocycles. The molecular formula is C17H15N5OS3. The highest BCUT2D eigenvalue weighted by Crippen LogP contribution is 2.30. The molecule has 4 rings (SSSR count). The Hall–Kier alpha value is -2.23. The zero-order valence-corrected chi connectivity index (χ0v) is 16.5. The summed E-state index contributed by atoms with van der Waals surface area (Å²) in [4.78, 5) is 19.3. The van der Waals surface area contributed by atoms with Gasteiger partial charge >= 0.3 is 0 Å². The average Bonchev–Trinajstić information content (AvgIpc) is 3.26. The molecule has 6 nitrogen and oxygen atoms in total.